The molecule has 0 aliphatic heterocycles. The van der Waals surface area contributed by atoms with Gasteiger partial charge in [-0.15, -0.1) is 0 Å². The third-order valence-corrected chi connectivity index (χ3v) is 2.96. The van der Waals surface area contributed by atoms with Crippen molar-refractivity contribution in [3.05, 3.63) is 52.3 Å². The van der Waals surface area contributed by atoms with E-state index in [2.05, 4.69) is 5.10 Å². The molecule has 0 radical (unpaired) electrons. The first-order valence-corrected chi connectivity index (χ1v) is 5.77. The Morgan fingerprint density at radius 3 is 2.56 bits per heavy atom. The molecule has 0 fully saturated rings. The third kappa shape index (κ3) is 2.11. The molecule has 0 spiro atoms. The number of hydrogen-bond donors (Lipinski definition) is 1. The number of nitrogens with zero attached hydrogens (tertiary/aromatic N) is 2. The molecule has 0 amide bonds. The lowest BCUT2D eigenvalue weighted by atomic mass is 10.1. The van der Waals surface area contributed by atoms with E-state index < -0.39 is 23.3 Å². The van der Waals surface area contributed by atoms with Crippen LogP contribution in [0.15, 0.2) is 24.4 Å². The smallest absolute Gasteiger partial charge is 0.132 e. The van der Waals surface area contributed by atoms with E-state index >= 15 is 0 Å². The molecule has 0 saturated carbocycles. The molecular weight excluding hydrogens is 262 g/mol. The van der Waals surface area contributed by atoms with Crippen molar-refractivity contribution >= 4 is 11.6 Å². The van der Waals surface area contributed by atoms with Crippen LogP contribution >= 0.6 is 11.6 Å². The molecule has 1 aromatic heterocycles. The zero-order valence-corrected chi connectivity index (χ0v) is 10.3. The predicted molar refractivity (Wildman–Crippen MR) is 63.3 cm³/mol. The Balaban J connectivity index is 2.54. The summed E-state index contributed by atoms with van der Waals surface area (Å²) in [7, 11) is 0. The minimum Gasteiger partial charge on any atom is -0.382 e. The number of benzene rings is 1. The SMILES string of the molecule is CCn1ncc(Cl)c1C(O)c1c(F)cccc1F. The highest BCUT2D eigenvalue weighted by Crippen LogP contribution is 2.31. The first-order valence-electron chi connectivity index (χ1n) is 5.39. The molecule has 1 atom stereocenters. The monoisotopic (exact) mass is 272 g/mol. The molecule has 96 valence electrons. The average molecular weight is 273 g/mol. The Morgan fingerprint density at radius 2 is 2.00 bits per heavy atom. The van der Waals surface area contributed by atoms with E-state index in [0.29, 0.717) is 6.54 Å². The van der Waals surface area contributed by atoms with E-state index in [1.54, 1.807) is 6.92 Å². The van der Waals surface area contributed by atoms with Crippen LogP contribution in [-0.4, -0.2) is 14.9 Å². The lowest BCUT2D eigenvalue weighted by Crippen LogP contribution is -2.12. The largest absolute Gasteiger partial charge is 0.382 e. The molecule has 1 N–H and O–H groups in total. The normalized spacial score (nSPS) is 12.7. The van der Waals surface area contributed by atoms with E-state index in [1.165, 1.54) is 16.9 Å². The fourth-order valence-electron chi connectivity index (χ4n) is 1.80. The highest BCUT2D eigenvalue weighted by Gasteiger charge is 2.25. The summed E-state index contributed by atoms with van der Waals surface area (Å²) in [5, 5.41) is 14.2. The summed E-state index contributed by atoms with van der Waals surface area (Å²) >= 11 is 5.88. The van der Waals surface area contributed by atoms with Gasteiger partial charge in [0.2, 0.25) is 0 Å². The summed E-state index contributed by atoms with van der Waals surface area (Å²) in [5.41, 5.74) is -0.238. The molecule has 2 rings (SSSR count). The molecule has 0 bridgehead atoms. The Kier molecular flexibility index (Phi) is 3.63. The number of aryl methyl sites for hydroxylation is 1. The molecule has 2 aromatic rings. The number of halogens is 3. The van der Waals surface area contributed by atoms with E-state index in [1.807, 2.05) is 0 Å². The van der Waals surface area contributed by atoms with Gasteiger partial charge >= 0.3 is 0 Å². The molecule has 0 aliphatic rings. The van der Waals surface area contributed by atoms with E-state index in [4.69, 9.17) is 11.6 Å². The minimum absolute atomic E-state index is 0.173. The van der Waals surface area contributed by atoms with Crippen molar-refractivity contribution in [2.24, 2.45) is 0 Å². The molecule has 1 unspecified atom stereocenters. The number of rotatable bonds is 3. The first kappa shape index (κ1) is 13.0. The number of aliphatic hydroxyl groups excluding tert-OH is 1. The molecular formula is C12H11ClF2N2O. The van der Waals surface area contributed by atoms with E-state index in [0.717, 1.165) is 12.1 Å². The minimum atomic E-state index is -1.49. The highest BCUT2D eigenvalue weighted by molar-refractivity contribution is 6.31. The predicted octanol–water partition coefficient (Wildman–Crippen LogP) is 2.92. The topological polar surface area (TPSA) is 38.0 Å². The van der Waals surface area contributed by atoms with Gasteiger partial charge in [0, 0.05) is 6.54 Å². The average Bonchev–Trinajstić information content (AvgIpc) is 2.70. The van der Waals surface area contributed by atoms with Crippen LogP contribution in [0.5, 0.6) is 0 Å². The quantitative estimate of drug-likeness (QED) is 0.933. The molecule has 1 aromatic carbocycles. The van der Waals surface area contributed by atoms with Crippen molar-refractivity contribution in [1.82, 2.24) is 9.78 Å². The van der Waals surface area contributed by atoms with E-state index in [9.17, 15) is 13.9 Å². The second-order valence-electron chi connectivity index (χ2n) is 3.73. The summed E-state index contributed by atoms with van der Waals surface area (Å²) in [6.07, 6.45) is -0.149. The van der Waals surface area contributed by atoms with E-state index in [-0.39, 0.29) is 10.7 Å². The number of hydrogen-bond acceptors (Lipinski definition) is 2. The van der Waals surface area contributed by atoms with Crippen LogP contribution in [0.25, 0.3) is 0 Å². The Morgan fingerprint density at radius 1 is 1.39 bits per heavy atom. The summed E-state index contributed by atoms with van der Waals surface area (Å²) < 4.78 is 28.6. The lowest BCUT2D eigenvalue weighted by molar-refractivity contribution is 0.197. The zero-order valence-electron chi connectivity index (χ0n) is 9.57. The van der Waals surface area contributed by atoms with Gasteiger partial charge in [-0.05, 0) is 19.1 Å². The van der Waals surface area contributed by atoms with Gasteiger partial charge in [-0.25, -0.2) is 8.78 Å². The maximum absolute atomic E-state index is 13.6. The van der Waals surface area contributed by atoms with Crippen molar-refractivity contribution in [1.29, 1.82) is 0 Å². The third-order valence-electron chi connectivity index (χ3n) is 2.66. The van der Waals surface area contributed by atoms with Gasteiger partial charge in [0.15, 0.2) is 0 Å². The Labute approximate surface area is 108 Å². The van der Waals surface area contributed by atoms with Gasteiger partial charge in [-0.2, -0.15) is 5.10 Å². The summed E-state index contributed by atoms with van der Waals surface area (Å²) in [6.45, 7) is 2.23. The maximum Gasteiger partial charge on any atom is 0.132 e. The summed E-state index contributed by atoms with van der Waals surface area (Å²) in [6, 6.07) is 3.41. The van der Waals surface area contributed by atoms with Crippen molar-refractivity contribution in [2.75, 3.05) is 0 Å². The van der Waals surface area contributed by atoms with Crippen LogP contribution < -0.4 is 0 Å². The van der Waals surface area contributed by atoms with Crippen molar-refractivity contribution in [3.8, 4) is 0 Å². The van der Waals surface area contributed by atoms with Crippen LogP contribution in [0, 0.1) is 11.6 Å². The zero-order chi connectivity index (χ0) is 13.3. The lowest BCUT2D eigenvalue weighted by Gasteiger charge is -2.15. The Bertz CT molecular complexity index is 551. The Hall–Kier alpha value is -1.46. The molecule has 18 heavy (non-hydrogen) atoms. The second kappa shape index (κ2) is 5.04. The van der Waals surface area contributed by atoms with Crippen molar-refractivity contribution < 1.29 is 13.9 Å². The fourth-order valence-corrected chi connectivity index (χ4v) is 2.05. The number of aromatic nitrogens is 2. The highest BCUT2D eigenvalue weighted by atomic mass is 35.5. The van der Waals surface area contributed by atoms with Crippen LogP contribution in [0.3, 0.4) is 0 Å². The molecule has 0 aliphatic carbocycles. The van der Waals surface area contributed by atoms with Gasteiger partial charge in [0.05, 0.1) is 22.5 Å². The molecule has 3 nitrogen and oxygen atoms in total. The number of aliphatic hydroxyl groups is 1. The van der Waals surface area contributed by atoms with Gasteiger partial charge in [0.1, 0.15) is 17.7 Å². The van der Waals surface area contributed by atoms with Gasteiger partial charge in [-0.1, -0.05) is 17.7 Å². The maximum atomic E-state index is 13.6. The molecule has 0 saturated heterocycles. The van der Waals surface area contributed by atoms with Gasteiger partial charge in [0.25, 0.3) is 0 Å². The summed E-state index contributed by atoms with van der Waals surface area (Å²) in [5.74, 6) is -1.63. The van der Waals surface area contributed by atoms with Crippen molar-refractivity contribution in [2.45, 2.75) is 19.6 Å². The van der Waals surface area contributed by atoms with Gasteiger partial charge in [-0.3, -0.25) is 4.68 Å². The van der Waals surface area contributed by atoms with Crippen LogP contribution in [0.4, 0.5) is 8.78 Å². The standard InChI is InChI=1S/C12H11ClF2N2O/c1-2-17-11(7(13)6-16-17)12(18)10-8(14)4-3-5-9(10)15/h3-6,12,18H,2H2,1H3. The fraction of sp³-hybridized carbons (Fsp3) is 0.250. The van der Waals surface area contributed by atoms with Crippen LogP contribution in [-0.2, 0) is 6.54 Å². The first-order chi connectivity index (χ1) is 8.56. The van der Waals surface area contributed by atoms with Crippen LogP contribution in [0.1, 0.15) is 24.3 Å². The molecule has 1 heterocycles. The van der Waals surface area contributed by atoms with Gasteiger partial charge < -0.3 is 5.11 Å². The molecule has 6 heteroatoms. The second-order valence-corrected chi connectivity index (χ2v) is 4.14. The van der Waals surface area contributed by atoms with Crippen LogP contribution in [0.2, 0.25) is 5.02 Å². The summed E-state index contributed by atoms with van der Waals surface area (Å²) in [4.78, 5) is 0. The van der Waals surface area contributed by atoms with Crippen molar-refractivity contribution in [3.63, 3.8) is 0 Å².